The number of hydrogen-bond donors (Lipinski definition) is 0. The van der Waals surface area contributed by atoms with Gasteiger partial charge in [-0.1, -0.05) is 12.8 Å². The molecule has 0 unspecified atom stereocenters. The van der Waals surface area contributed by atoms with Gasteiger partial charge in [-0.05, 0) is 37.5 Å². The minimum Gasteiger partial charge on any atom is -0.198 e. The third-order valence-corrected chi connectivity index (χ3v) is 4.25. The third kappa shape index (κ3) is 1.22. The molecule has 0 N–H and O–H groups in total. The Bertz CT molecular complexity index is 272. The lowest BCUT2D eigenvalue weighted by Crippen LogP contribution is -2.43. The van der Waals surface area contributed by atoms with Crippen LogP contribution in [0.15, 0.2) is 0 Å². The quantitative estimate of drug-likeness (QED) is 0.635. The van der Waals surface area contributed by atoms with Crippen LogP contribution in [0.25, 0.3) is 0 Å². The van der Waals surface area contributed by atoms with Gasteiger partial charge < -0.3 is 0 Å². The third-order valence-electron chi connectivity index (χ3n) is 4.25. The van der Waals surface area contributed by atoms with Crippen LogP contribution < -0.4 is 0 Å². The van der Waals surface area contributed by atoms with Gasteiger partial charge in [0.05, 0.1) is 24.0 Å². The lowest BCUT2D eigenvalue weighted by Gasteiger charge is -2.47. The zero-order valence-corrected chi connectivity index (χ0v) is 8.50. The molecule has 0 aromatic rings. The molecule has 0 atom stereocenters. The lowest BCUT2D eigenvalue weighted by atomic mass is 9.54. The molecule has 0 aromatic heterocycles. The second-order valence-corrected chi connectivity index (χ2v) is 4.74. The highest BCUT2D eigenvalue weighted by Gasteiger charge is 2.49. The van der Waals surface area contributed by atoms with E-state index in [9.17, 15) is 5.26 Å². The van der Waals surface area contributed by atoms with E-state index in [1.807, 2.05) is 0 Å². The average Bonchev–Trinajstić information content (AvgIpc) is 2.17. The molecular formula is C12H16N2. The van der Waals surface area contributed by atoms with Crippen molar-refractivity contribution < 1.29 is 0 Å². The summed E-state index contributed by atoms with van der Waals surface area (Å²) < 4.78 is 0. The zero-order valence-electron chi connectivity index (χ0n) is 8.50. The molecule has 2 bridgehead atoms. The lowest BCUT2D eigenvalue weighted by molar-refractivity contribution is 0.0340. The summed E-state index contributed by atoms with van der Waals surface area (Å²) in [5, 5.41) is 18.2. The van der Waals surface area contributed by atoms with Crippen LogP contribution in [-0.4, -0.2) is 0 Å². The van der Waals surface area contributed by atoms with E-state index in [-0.39, 0.29) is 5.41 Å². The molecule has 2 aliphatic rings. The molecule has 2 aliphatic carbocycles. The van der Waals surface area contributed by atoms with Crippen LogP contribution in [0.1, 0.15) is 44.9 Å². The normalized spacial score (nSPS) is 41.0. The molecule has 14 heavy (non-hydrogen) atoms. The number of fused-ring (bicyclic) bond motifs is 2. The fourth-order valence-electron chi connectivity index (χ4n) is 3.52. The van der Waals surface area contributed by atoms with Crippen LogP contribution in [0.3, 0.4) is 0 Å². The molecule has 2 nitrogen and oxygen atoms in total. The van der Waals surface area contributed by atoms with Gasteiger partial charge in [0.1, 0.15) is 0 Å². The molecule has 0 radical (unpaired) electrons. The second-order valence-electron chi connectivity index (χ2n) is 4.74. The van der Waals surface area contributed by atoms with Gasteiger partial charge in [0.25, 0.3) is 0 Å². The van der Waals surface area contributed by atoms with Gasteiger partial charge in [-0.3, -0.25) is 0 Å². The van der Waals surface area contributed by atoms with Crippen molar-refractivity contribution in [2.24, 2.45) is 17.3 Å². The van der Waals surface area contributed by atoms with Gasteiger partial charge in [0, 0.05) is 0 Å². The summed E-state index contributed by atoms with van der Waals surface area (Å²) in [7, 11) is 0. The summed E-state index contributed by atoms with van der Waals surface area (Å²) in [6.45, 7) is 0. The first-order valence-corrected chi connectivity index (χ1v) is 5.61. The molecule has 0 aromatic carbocycles. The van der Waals surface area contributed by atoms with Gasteiger partial charge in [0.2, 0.25) is 0 Å². The maximum atomic E-state index is 9.38. The van der Waals surface area contributed by atoms with Crippen molar-refractivity contribution in [2.75, 3.05) is 0 Å². The SMILES string of the molecule is N#CCC1(C#N)C2CCCC1CCC2. The molecule has 74 valence electrons. The Morgan fingerprint density at radius 2 is 1.50 bits per heavy atom. The Morgan fingerprint density at radius 3 is 1.86 bits per heavy atom. The minimum absolute atomic E-state index is 0.273. The standard InChI is InChI=1S/C12H16N2/c13-8-7-12(9-14)10-3-1-4-11(12)6-2-5-10/h10-11H,1-7H2. The van der Waals surface area contributed by atoms with E-state index < -0.39 is 0 Å². The van der Waals surface area contributed by atoms with E-state index in [4.69, 9.17) is 5.26 Å². The Kier molecular flexibility index (Phi) is 2.46. The van der Waals surface area contributed by atoms with Crippen LogP contribution in [0.2, 0.25) is 0 Å². The molecule has 2 fully saturated rings. The van der Waals surface area contributed by atoms with Crippen LogP contribution in [0, 0.1) is 39.9 Å². The second kappa shape index (κ2) is 3.62. The van der Waals surface area contributed by atoms with Crippen molar-refractivity contribution in [2.45, 2.75) is 44.9 Å². The van der Waals surface area contributed by atoms with E-state index in [0.29, 0.717) is 18.3 Å². The number of rotatable bonds is 1. The average molecular weight is 188 g/mol. The zero-order chi connectivity index (χ0) is 10.0. The van der Waals surface area contributed by atoms with Crippen LogP contribution in [0.4, 0.5) is 0 Å². The van der Waals surface area contributed by atoms with Gasteiger partial charge in [-0.25, -0.2) is 0 Å². The Morgan fingerprint density at radius 1 is 1.00 bits per heavy atom. The first kappa shape index (κ1) is 9.53. The van der Waals surface area contributed by atoms with Crippen molar-refractivity contribution in [3.63, 3.8) is 0 Å². The predicted octanol–water partition coefficient (Wildman–Crippen LogP) is 3.01. The van der Waals surface area contributed by atoms with Crippen molar-refractivity contribution in [3.8, 4) is 12.1 Å². The van der Waals surface area contributed by atoms with Crippen LogP contribution >= 0.6 is 0 Å². The van der Waals surface area contributed by atoms with E-state index in [1.165, 1.54) is 38.5 Å². The van der Waals surface area contributed by atoms with E-state index in [1.54, 1.807) is 0 Å². The van der Waals surface area contributed by atoms with Crippen molar-refractivity contribution in [1.29, 1.82) is 10.5 Å². The monoisotopic (exact) mass is 188 g/mol. The van der Waals surface area contributed by atoms with Crippen molar-refractivity contribution >= 4 is 0 Å². The number of hydrogen-bond acceptors (Lipinski definition) is 2. The van der Waals surface area contributed by atoms with Crippen molar-refractivity contribution in [3.05, 3.63) is 0 Å². The summed E-state index contributed by atoms with van der Waals surface area (Å²) >= 11 is 0. The largest absolute Gasteiger partial charge is 0.198 e. The van der Waals surface area contributed by atoms with Gasteiger partial charge >= 0.3 is 0 Å². The summed E-state index contributed by atoms with van der Waals surface area (Å²) in [4.78, 5) is 0. The molecule has 0 spiro atoms. The highest BCUT2D eigenvalue weighted by Crippen LogP contribution is 2.54. The van der Waals surface area contributed by atoms with E-state index in [0.717, 1.165) is 0 Å². The molecule has 0 aliphatic heterocycles. The molecular weight excluding hydrogens is 172 g/mol. The molecule has 0 saturated heterocycles. The minimum atomic E-state index is -0.273. The van der Waals surface area contributed by atoms with Gasteiger partial charge in [0.15, 0.2) is 0 Å². The number of nitrogens with zero attached hydrogens (tertiary/aromatic N) is 2. The van der Waals surface area contributed by atoms with Gasteiger partial charge in [-0.2, -0.15) is 10.5 Å². The topological polar surface area (TPSA) is 47.6 Å². The van der Waals surface area contributed by atoms with Crippen LogP contribution in [-0.2, 0) is 0 Å². The first-order chi connectivity index (χ1) is 6.83. The Labute approximate surface area is 85.5 Å². The fourth-order valence-corrected chi connectivity index (χ4v) is 3.52. The highest BCUT2D eigenvalue weighted by atomic mass is 14.5. The van der Waals surface area contributed by atoms with E-state index in [2.05, 4.69) is 12.1 Å². The number of nitriles is 2. The Balaban J connectivity index is 2.30. The summed E-state index contributed by atoms with van der Waals surface area (Å²) in [6.07, 6.45) is 7.68. The summed E-state index contributed by atoms with van der Waals surface area (Å²) in [5.41, 5.74) is -0.273. The van der Waals surface area contributed by atoms with Crippen LogP contribution in [0.5, 0.6) is 0 Å². The predicted molar refractivity (Wildman–Crippen MR) is 53.0 cm³/mol. The van der Waals surface area contributed by atoms with E-state index >= 15 is 0 Å². The molecule has 0 heterocycles. The molecule has 2 heteroatoms. The maximum absolute atomic E-state index is 9.38. The highest BCUT2D eigenvalue weighted by molar-refractivity contribution is 5.13. The molecule has 2 rings (SSSR count). The Hall–Kier alpha value is -1.02. The smallest absolute Gasteiger partial charge is 0.0759 e. The maximum Gasteiger partial charge on any atom is 0.0759 e. The first-order valence-electron chi connectivity index (χ1n) is 5.61. The molecule has 2 saturated carbocycles. The fraction of sp³-hybridized carbons (Fsp3) is 0.833. The summed E-state index contributed by atoms with van der Waals surface area (Å²) in [6, 6.07) is 4.73. The van der Waals surface area contributed by atoms with Crippen molar-refractivity contribution in [1.82, 2.24) is 0 Å². The molecule has 0 amide bonds. The van der Waals surface area contributed by atoms with Gasteiger partial charge in [-0.15, -0.1) is 0 Å². The summed E-state index contributed by atoms with van der Waals surface area (Å²) in [5.74, 6) is 1.03.